The third-order valence-electron chi connectivity index (χ3n) is 4.10. The quantitative estimate of drug-likeness (QED) is 0.442. The molecule has 0 spiro atoms. The summed E-state index contributed by atoms with van der Waals surface area (Å²) < 4.78 is 17.1. The maximum absolute atomic E-state index is 12.4. The molecular weight excluding hydrogens is 360 g/mol. The first-order valence-corrected chi connectivity index (χ1v) is 8.59. The number of esters is 1. The molecule has 0 fully saturated rings. The lowest BCUT2D eigenvalue weighted by molar-refractivity contribution is 0.0474. The van der Waals surface area contributed by atoms with Crippen molar-refractivity contribution in [1.82, 2.24) is 9.78 Å². The van der Waals surface area contributed by atoms with E-state index >= 15 is 0 Å². The number of rotatable bonds is 8. The van der Waals surface area contributed by atoms with Gasteiger partial charge in [-0.05, 0) is 23.8 Å². The molecule has 0 N–H and O–H groups in total. The second-order valence-corrected chi connectivity index (χ2v) is 5.98. The molecule has 28 heavy (non-hydrogen) atoms. The molecule has 0 aliphatic carbocycles. The average molecular weight is 380 g/mol. The lowest BCUT2D eigenvalue weighted by atomic mass is 10.1. The number of carbonyl (C=O) groups is 2. The first kappa shape index (κ1) is 19.2. The fourth-order valence-electron chi connectivity index (χ4n) is 2.65. The molecule has 0 unspecified atom stereocenters. The topological polar surface area (TPSA) is 79.7 Å². The van der Waals surface area contributed by atoms with Gasteiger partial charge in [-0.1, -0.05) is 30.3 Å². The fraction of sp³-hybridized carbons (Fsp3) is 0.190. The zero-order valence-electron chi connectivity index (χ0n) is 15.6. The van der Waals surface area contributed by atoms with E-state index in [4.69, 9.17) is 14.2 Å². The van der Waals surface area contributed by atoms with E-state index in [-0.39, 0.29) is 16.9 Å². The molecule has 1 aromatic heterocycles. The van der Waals surface area contributed by atoms with Crippen LogP contribution in [0.3, 0.4) is 0 Å². The van der Waals surface area contributed by atoms with E-state index in [1.165, 1.54) is 20.4 Å². The van der Waals surface area contributed by atoms with Gasteiger partial charge in [0.2, 0.25) is 5.78 Å². The minimum Gasteiger partial charge on any atom is -0.497 e. The van der Waals surface area contributed by atoms with Gasteiger partial charge in [-0.15, -0.1) is 0 Å². The van der Waals surface area contributed by atoms with Crippen LogP contribution < -0.4 is 9.47 Å². The molecule has 0 saturated heterocycles. The molecule has 3 aromatic rings. The zero-order chi connectivity index (χ0) is 19.9. The highest BCUT2D eigenvalue weighted by Gasteiger charge is 2.17. The van der Waals surface area contributed by atoms with E-state index in [0.717, 1.165) is 5.56 Å². The molecule has 0 saturated carbocycles. The lowest BCUT2D eigenvalue weighted by Crippen LogP contribution is -2.15. The minimum absolute atomic E-state index is 0.279. The molecule has 1 heterocycles. The summed E-state index contributed by atoms with van der Waals surface area (Å²) in [6, 6.07) is 14.6. The third-order valence-corrected chi connectivity index (χ3v) is 4.10. The number of hydrogen-bond donors (Lipinski definition) is 0. The van der Waals surface area contributed by atoms with E-state index in [1.807, 2.05) is 30.3 Å². The van der Waals surface area contributed by atoms with Crippen molar-refractivity contribution in [2.45, 2.75) is 6.54 Å². The van der Waals surface area contributed by atoms with Crippen molar-refractivity contribution in [1.29, 1.82) is 0 Å². The number of methoxy groups -OCH3 is 2. The molecule has 0 amide bonds. The number of benzene rings is 2. The van der Waals surface area contributed by atoms with Gasteiger partial charge in [-0.3, -0.25) is 9.48 Å². The Bertz CT molecular complexity index is 966. The van der Waals surface area contributed by atoms with Gasteiger partial charge in [0.25, 0.3) is 0 Å². The summed E-state index contributed by atoms with van der Waals surface area (Å²) in [5.41, 5.74) is 1.63. The number of ether oxygens (including phenoxy) is 3. The Morgan fingerprint density at radius 1 is 1.04 bits per heavy atom. The highest BCUT2D eigenvalue weighted by molar-refractivity contribution is 6.01. The highest BCUT2D eigenvalue weighted by atomic mass is 16.5. The zero-order valence-corrected chi connectivity index (χ0v) is 15.6. The second kappa shape index (κ2) is 8.85. The molecular formula is C21H20N2O5. The average Bonchev–Trinajstić information content (AvgIpc) is 3.20. The number of ketones is 1. The SMILES string of the molecule is COc1ccc(OC)c(C(=O)COC(=O)c2cnn(Cc3ccccc3)c2)c1. The van der Waals surface area contributed by atoms with Crippen LogP contribution in [0, 0.1) is 0 Å². The standard InChI is InChI=1S/C21H20N2O5/c1-26-17-8-9-20(27-2)18(10-17)19(24)14-28-21(25)16-11-22-23(13-16)12-15-6-4-3-5-7-15/h3-11,13H,12,14H2,1-2H3. The van der Waals surface area contributed by atoms with Crippen molar-refractivity contribution in [3.63, 3.8) is 0 Å². The molecule has 144 valence electrons. The predicted molar refractivity (Wildman–Crippen MR) is 102 cm³/mol. The van der Waals surface area contributed by atoms with Gasteiger partial charge in [-0.25, -0.2) is 4.79 Å². The molecule has 2 aromatic carbocycles. The maximum atomic E-state index is 12.4. The number of hydrogen-bond acceptors (Lipinski definition) is 6. The number of carbonyl (C=O) groups excluding carboxylic acids is 2. The van der Waals surface area contributed by atoms with Crippen LogP contribution in [0.2, 0.25) is 0 Å². The van der Waals surface area contributed by atoms with Gasteiger partial charge >= 0.3 is 5.97 Å². The van der Waals surface area contributed by atoms with E-state index in [0.29, 0.717) is 18.0 Å². The Morgan fingerprint density at radius 2 is 1.82 bits per heavy atom. The summed E-state index contributed by atoms with van der Waals surface area (Å²) in [6.45, 7) is 0.125. The normalized spacial score (nSPS) is 10.4. The summed E-state index contributed by atoms with van der Waals surface area (Å²) in [4.78, 5) is 24.7. The van der Waals surface area contributed by atoms with Crippen LogP contribution in [0.5, 0.6) is 11.5 Å². The number of Topliss-reactive ketones (excluding diaryl/α,β-unsaturated/α-hetero) is 1. The monoisotopic (exact) mass is 380 g/mol. The third kappa shape index (κ3) is 4.56. The van der Waals surface area contributed by atoms with E-state index in [1.54, 1.807) is 29.1 Å². The van der Waals surface area contributed by atoms with Crippen LogP contribution in [0.15, 0.2) is 60.9 Å². The highest BCUT2D eigenvalue weighted by Crippen LogP contribution is 2.24. The van der Waals surface area contributed by atoms with Crippen LogP contribution in [0.1, 0.15) is 26.3 Å². The maximum Gasteiger partial charge on any atom is 0.341 e. The number of nitrogens with zero attached hydrogens (tertiary/aromatic N) is 2. The van der Waals surface area contributed by atoms with Gasteiger partial charge < -0.3 is 14.2 Å². The van der Waals surface area contributed by atoms with E-state index in [2.05, 4.69) is 5.10 Å². The van der Waals surface area contributed by atoms with E-state index in [9.17, 15) is 9.59 Å². The van der Waals surface area contributed by atoms with Crippen LogP contribution in [0.4, 0.5) is 0 Å². The summed E-state index contributed by atoms with van der Waals surface area (Å²) >= 11 is 0. The van der Waals surface area contributed by atoms with Gasteiger partial charge in [0.05, 0.1) is 38.1 Å². The Hall–Kier alpha value is -3.61. The fourth-order valence-corrected chi connectivity index (χ4v) is 2.65. The minimum atomic E-state index is -0.616. The van der Waals surface area contributed by atoms with Gasteiger partial charge in [0, 0.05) is 6.20 Å². The van der Waals surface area contributed by atoms with Crippen molar-refractivity contribution < 1.29 is 23.8 Å². The first-order valence-electron chi connectivity index (χ1n) is 8.59. The van der Waals surface area contributed by atoms with Crippen LogP contribution in [-0.2, 0) is 11.3 Å². The predicted octanol–water partition coefficient (Wildman–Crippen LogP) is 2.99. The smallest absolute Gasteiger partial charge is 0.341 e. The van der Waals surface area contributed by atoms with Crippen molar-refractivity contribution in [3.05, 3.63) is 77.6 Å². The van der Waals surface area contributed by atoms with E-state index < -0.39 is 12.6 Å². The summed E-state index contributed by atoms with van der Waals surface area (Å²) in [6.07, 6.45) is 3.01. The van der Waals surface area contributed by atoms with Crippen molar-refractivity contribution in [2.24, 2.45) is 0 Å². The van der Waals surface area contributed by atoms with Crippen molar-refractivity contribution in [3.8, 4) is 11.5 Å². The van der Waals surface area contributed by atoms with Crippen molar-refractivity contribution >= 4 is 11.8 Å². The van der Waals surface area contributed by atoms with Gasteiger partial charge in [0.15, 0.2) is 6.61 Å². The molecule has 0 aliphatic heterocycles. The Morgan fingerprint density at radius 3 is 2.54 bits per heavy atom. The van der Waals surface area contributed by atoms with Crippen molar-refractivity contribution in [2.75, 3.05) is 20.8 Å². The summed E-state index contributed by atoms with van der Waals surface area (Å²) in [5.74, 6) is -0.106. The Labute approximate surface area is 162 Å². The second-order valence-electron chi connectivity index (χ2n) is 5.98. The van der Waals surface area contributed by atoms with Gasteiger partial charge in [-0.2, -0.15) is 5.10 Å². The van der Waals surface area contributed by atoms with Gasteiger partial charge in [0.1, 0.15) is 11.5 Å². The molecule has 0 atom stereocenters. The largest absolute Gasteiger partial charge is 0.497 e. The van der Waals surface area contributed by atoms with Crippen LogP contribution in [-0.4, -0.2) is 42.4 Å². The van der Waals surface area contributed by atoms with Crippen LogP contribution in [0.25, 0.3) is 0 Å². The summed E-state index contributed by atoms with van der Waals surface area (Å²) in [5, 5.41) is 4.16. The molecule has 0 bridgehead atoms. The first-order chi connectivity index (χ1) is 13.6. The Kier molecular flexibility index (Phi) is 6.06. The molecule has 0 aliphatic rings. The Balaban J connectivity index is 1.62. The molecule has 7 heteroatoms. The number of aromatic nitrogens is 2. The summed E-state index contributed by atoms with van der Waals surface area (Å²) in [7, 11) is 2.97. The lowest BCUT2D eigenvalue weighted by Gasteiger charge is -2.09. The molecule has 0 radical (unpaired) electrons. The molecule has 3 rings (SSSR count). The molecule has 7 nitrogen and oxygen atoms in total. The van der Waals surface area contributed by atoms with Crippen LogP contribution >= 0.6 is 0 Å².